The Bertz CT molecular complexity index is 1150. The van der Waals surface area contributed by atoms with Crippen LogP contribution in [0.4, 0.5) is 10.1 Å². The van der Waals surface area contributed by atoms with Crippen LogP contribution in [0.5, 0.6) is 0 Å². The number of alkyl halides is 1. The maximum Gasteiger partial charge on any atom is 0.261 e. The summed E-state index contributed by atoms with van der Waals surface area (Å²) < 4.78 is 14.9. The molecule has 4 rings (SSSR count). The number of hydrogen-bond donors (Lipinski definition) is 1. The van der Waals surface area contributed by atoms with E-state index in [2.05, 4.69) is 10.1 Å². The van der Waals surface area contributed by atoms with Gasteiger partial charge in [-0.3, -0.25) is 19.4 Å². The topological polar surface area (TPSA) is 84.1 Å². The SMILES string of the molecule is Cc1cc(-c2cncc([C@H](C)O)c2)nc2c1C(=O)N(c1cnn(CC(C)F)c1)C2(C)C. The number of halogens is 1. The standard InChI is InChI=1S/C23H26FN5O2/c1-13-6-19(17-7-16(15(3)30)8-25-9-17)27-21-20(13)22(31)29(23(21,4)5)18-10-26-28(12-18)11-14(2)24/h6-10,12,14-15,30H,11H2,1-5H3/t14?,15-/m0/s1. The van der Waals surface area contributed by atoms with Crippen LogP contribution in [0.3, 0.4) is 0 Å². The minimum Gasteiger partial charge on any atom is -0.389 e. The van der Waals surface area contributed by atoms with Crippen LogP contribution in [0, 0.1) is 6.92 Å². The average Bonchev–Trinajstić information content (AvgIpc) is 3.21. The summed E-state index contributed by atoms with van der Waals surface area (Å²) in [5.41, 5.74) is 4.09. The van der Waals surface area contributed by atoms with Gasteiger partial charge in [0.1, 0.15) is 6.17 Å². The highest BCUT2D eigenvalue weighted by Crippen LogP contribution is 2.43. The number of pyridine rings is 2. The zero-order chi connectivity index (χ0) is 22.5. The highest BCUT2D eigenvalue weighted by atomic mass is 19.1. The Labute approximate surface area is 180 Å². The van der Waals surface area contributed by atoms with Gasteiger partial charge in [0.05, 0.1) is 47.0 Å². The smallest absolute Gasteiger partial charge is 0.261 e. The monoisotopic (exact) mass is 423 g/mol. The summed E-state index contributed by atoms with van der Waals surface area (Å²) in [6, 6.07) is 3.73. The van der Waals surface area contributed by atoms with Gasteiger partial charge in [-0.2, -0.15) is 5.10 Å². The van der Waals surface area contributed by atoms with E-state index in [-0.39, 0.29) is 12.5 Å². The number of hydrogen-bond acceptors (Lipinski definition) is 5. The van der Waals surface area contributed by atoms with Crippen LogP contribution in [0.2, 0.25) is 0 Å². The number of fused-ring (bicyclic) bond motifs is 1. The van der Waals surface area contributed by atoms with Crippen molar-refractivity contribution in [2.45, 2.75) is 59.0 Å². The zero-order valence-electron chi connectivity index (χ0n) is 18.3. The summed E-state index contributed by atoms with van der Waals surface area (Å²) in [5.74, 6) is -0.153. The third-order valence-corrected chi connectivity index (χ3v) is 5.63. The van der Waals surface area contributed by atoms with Crippen LogP contribution >= 0.6 is 0 Å². The lowest BCUT2D eigenvalue weighted by molar-refractivity contribution is 0.0981. The van der Waals surface area contributed by atoms with Crippen molar-refractivity contribution in [1.29, 1.82) is 0 Å². The molecule has 4 heterocycles. The van der Waals surface area contributed by atoms with Crippen molar-refractivity contribution >= 4 is 11.6 Å². The normalized spacial score (nSPS) is 17.0. The first-order chi connectivity index (χ1) is 14.6. The second kappa shape index (κ2) is 7.53. The maximum absolute atomic E-state index is 13.4. The Morgan fingerprint density at radius 1 is 1.19 bits per heavy atom. The number of anilines is 1. The van der Waals surface area contributed by atoms with E-state index in [1.807, 2.05) is 32.9 Å². The fraction of sp³-hybridized carbons (Fsp3) is 0.391. The quantitative estimate of drug-likeness (QED) is 0.672. The van der Waals surface area contributed by atoms with Crippen LogP contribution in [0.1, 0.15) is 61.0 Å². The molecule has 1 aliphatic rings. The molecule has 0 bridgehead atoms. The van der Waals surface area contributed by atoms with E-state index in [4.69, 9.17) is 4.98 Å². The lowest BCUT2D eigenvalue weighted by Crippen LogP contribution is -2.39. The van der Waals surface area contributed by atoms with Gasteiger partial charge in [0.15, 0.2) is 0 Å². The molecule has 1 unspecified atom stereocenters. The first kappa shape index (κ1) is 21.1. The third kappa shape index (κ3) is 3.61. The van der Waals surface area contributed by atoms with E-state index in [9.17, 15) is 14.3 Å². The number of aliphatic hydroxyl groups excluding tert-OH is 1. The molecule has 0 fully saturated rings. The minimum absolute atomic E-state index is 0.128. The van der Waals surface area contributed by atoms with Gasteiger partial charge in [-0.1, -0.05) is 0 Å². The number of carbonyl (C=O) groups excluding carboxylic acids is 1. The molecule has 1 N–H and O–H groups in total. The Morgan fingerprint density at radius 2 is 1.94 bits per heavy atom. The van der Waals surface area contributed by atoms with E-state index in [1.54, 1.807) is 36.6 Å². The van der Waals surface area contributed by atoms with E-state index in [0.29, 0.717) is 28.2 Å². The maximum atomic E-state index is 13.4. The highest BCUT2D eigenvalue weighted by molar-refractivity contribution is 6.12. The first-order valence-electron chi connectivity index (χ1n) is 10.3. The average molecular weight is 423 g/mol. The van der Waals surface area contributed by atoms with Crippen molar-refractivity contribution in [3.63, 3.8) is 0 Å². The molecule has 31 heavy (non-hydrogen) atoms. The number of rotatable bonds is 5. The van der Waals surface area contributed by atoms with Gasteiger partial charge >= 0.3 is 0 Å². The molecule has 0 aromatic carbocycles. The number of carbonyl (C=O) groups is 1. The molecule has 7 nitrogen and oxygen atoms in total. The molecule has 162 valence electrons. The summed E-state index contributed by atoms with van der Waals surface area (Å²) in [7, 11) is 0. The molecular formula is C23H26FN5O2. The van der Waals surface area contributed by atoms with Gasteiger partial charge in [0, 0.05) is 24.2 Å². The lowest BCUT2D eigenvalue weighted by Gasteiger charge is -2.30. The van der Waals surface area contributed by atoms with Crippen molar-refractivity contribution in [2.75, 3.05) is 4.90 Å². The number of nitrogens with zero attached hydrogens (tertiary/aromatic N) is 5. The predicted octanol–water partition coefficient (Wildman–Crippen LogP) is 3.96. The van der Waals surface area contributed by atoms with Crippen LogP contribution in [0.25, 0.3) is 11.3 Å². The summed E-state index contributed by atoms with van der Waals surface area (Å²) in [5, 5.41) is 14.1. The molecule has 0 radical (unpaired) electrons. The lowest BCUT2D eigenvalue weighted by atomic mass is 9.96. The summed E-state index contributed by atoms with van der Waals surface area (Å²) in [4.78, 5) is 24.1. The molecule has 0 saturated heterocycles. The van der Waals surface area contributed by atoms with Gasteiger partial charge in [0.2, 0.25) is 0 Å². The van der Waals surface area contributed by atoms with Crippen molar-refractivity contribution in [2.24, 2.45) is 0 Å². The summed E-state index contributed by atoms with van der Waals surface area (Å²) in [6.07, 6.45) is 4.92. The second-order valence-electron chi connectivity index (χ2n) is 8.63. The number of aryl methyl sites for hydroxylation is 1. The van der Waals surface area contributed by atoms with Gasteiger partial charge in [-0.15, -0.1) is 0 Å². The molecule has 0 aliphatic carbocycles. The number of aromatic nitrogens is 4. The predicted molar refractivity (Wildman–Crippen MR) is 115 cm³/mol. The fourth-order valence-electron chi connectivity index (χ4n) is 4.10. The Balaban J connectivity index is 1.78. The molecule has 1 aliphatic heterocycles. The number of aliphatic hydroxyl groups is 1. The van der Waals surface area contributed by atoms with Crippen LogP contribution < -0.4 is 4.90 Å². The molecule has 0 spiro atoms. The van der Waals surface area contributed by atoms with E-state index in [0.717, 1.165) is 11.1 Å². The second-order valence-corrected chi connectivity index (χ2v) is 8.63. The Morgan fingerprint density at radius 3 is 2.61 bits per heavy atom. The molecular weight excluding hydrogens is 397 g/mol. The third-order valence-electron chi connectivity index (χ3n) is 5.63. The van der Waals surface area contributed by atoms with Crippen molar-refractivity contribution in [3.8, 4) is 11.3 Å². The largest absolute Gasteiger partial charge is 0.389 e. The van der Waals surface area contributed by atoms with Gasteiger partial charge in [0.25, 0.3) is 5.91 Å². The van der Waals surface area contributed by atoms with Crippen LogP contribution in [0.15, 0.2) is 36.9 Å². The minimum atomic E-state index is -1.04. The molecule has 8 heteroatoms. The highest BCUT2D eigenvalue weighted by Gasteiger charge is 2.47. The summed E-state index contributed by atoms with van der Waals surface area (Å²) >= 11 is 0. The zero-order valence-corrected chi connectivity index (χ0v) is 18.3. The summed E-state index contributed by atoms with van der Waals surface area (Å²) in [6.45, 7) is 9.05. The Hall–Kier alpha value is -3.13. The van der Waals surface area contributed by atoms with E-state index in [1.165, 1.54) is 11.6 Å². The first-order valence-corrected chi connectivity index (χ1v) is 10.3. The van der Waals surface area contributed by atoms with Gasteiger partial charge in [-0.25, -0.2) is 9.37 Å². The van der Waals surface area contributed by atoms with Crippen LogP contribution in [-0.2, 0) is 12.1 Å². The molecule has 1 amide bonds. The van der Waals surface area contributed by atoms with E-state index < -0.39 is 17.8 Å². The molecule has 0 saturated carbocycles. The Kier molecular flexibility index (Phi) is 5.13. The fourth-order valence-corrected chi connectivity index (χ4v) is 4.10. The molecule has 3 aromatic rings. The number of amides is 1. The van der Waals surface area contributed by atoms with Crippen molar-refractivity contribution < 1.29 is 14.3 Å². The van der Waals surface area contributed by atoms with Gasteiger partial charge < -0.3 is 5.11 Å². The van der Waals surface area contributed by atoms with Crippen molar-refractivity contribution in [1.82, 2.24) is 19.7 Å². The van der Waals surface area contributed by atoms with Crippen LogP contribution in [-0.4, -0.2) is 36.9 Å². The molecule has 3 aromatic heterocycles. The molecule has 2 atom stereocenters. The van der Waals surface area contributed by atoms with E-state index >= 15 is 0 Å². The van der Waals surface area contributed by atoms with Crippen molar-refractivity contribution in [3.05, 3.63) is 59.3 Å². The van der Waals surface area contributed by atoms with Gasteiger partial charge in [-0.05, 0) is 57.9 Å².